The third-order valence-electron chi connectivity index (χ3n) is 4.69. The molecular formula is C21H29N7. The van der Waals surface area contributed by atoms with Crippen molar-refractivity contribution in [3.63, 3.8) is 0 Å². The van der Waals surface area contributed by atoms with Crippen LogP contribution in [0.25, 0.3) is 10.9 Å². The Labute approximate surface area is 166 Å². The van der Waals surface area contributed by atoms with Gasteiger partial charge in [0.1, 0.15) is 0 Å². The molecule has 2 aromatic heterocycles. The molecule has 0 amide bonds. The van der Waals surface area contributed by atoms with Crippen molar-refractivity contribution < 1.29 is 0 Å². The van der Waals surface area contributed by atoms with Crippen molar-refractivity contribution in [1.82, 2.24) is 30.3 Å². The molecule has 0 aliphatic carbocycles. The van der Waals surface area contributed by atoms with E-state index >= 15 is 0 Å². The van der Waals surface area contributed by atoms with Gasteiger partial charge in [-0.1, -0.05) is 18.2 Å². The molecule has 0 saturated heterocycles. The molecule has 2 heterocycles. The summed E-state index contributed by atoms with van der Waals surface area (Å²) in [6.45, 7) is 4.21. The van der Waals surface area contributed by atoms with Crippen LogP contribution in [0.5, 0.6) is 0 Å². The summed E-state index contributed by atoms with van der Waals surface area (Å²) in [4.78, 5) is 11.4. The Morgan fingerprint density at radius 1 is 1.21 bits per heavy atom. The summed E-state index contributed by atoms with van der Waals surface area (Å²) in [5.74, 6) is 0.805. The molecule has 0 saturated carbocycles. The zero-order chi connectivity index (χ0) is 19.9. The summed E-state index contributed by atoms with van der Waals surface area (Å²) in [6, 6.07) is 10.4. The van der Waals surface area contributed by atoms with E-state index in [0.717, 1.165) is 30.0 Å². The quantitative estimate of drug-likeness (QED) is 0.487. The van der Waals surface area contributed by atoms with Crippen molar-refractivity contribution in [2.75, 3.05) is 27.2 Å². The van der Waals surface area contributed by atoms with E-state index in [-0.39, 0.29) is 6.04 Å². The smallest absolute Gasteiger partial charge is 0.191 e. The molecule has 1 aromatic carbocycles. The Morgan fingerprint density at radius 2 is 2.04 bits per heavy atom. The fourth-order valence-electron chi connectivity index (χ4n) is 3.20. The number of pyridine rings is 1. The second-order valence-corrected chi connectivity index (χ2v) is 6.99. The lowest BCUT2D eigenvalue weighted by Gasteiger charge is -2.24. The normalized spacial score (nSPS) is 13.1. The third kappa shape index (κ3) is 4.86. The van der Waals surface area contributed by atoms with Crippen molar-refractivity contribution in [1.29, 1.82) is 0 Å². The number of likely N-dealkylation sites (N-methyl/N-ethyl adjacent to an activating group) is 1. The zero-order valence-corrected chi connectivity index (χ0v) is 17.1. The largest absolute Gasteiger partial charge is 0.357 e. The highest BCUT2D eigenvalue weighted by atomic mass is 15.3. The minimum absolute atomic E-state index is 0.208. The van der Waals surface area contributed by atoms with Crippen molar-refractivity contribution in [3.8, 4) is 0 Å². The highest BCUT2D eigenvalue weighted by Crippen LogP contribution is 2.17. The molecule has 1 atom stereocenters. The van der Waals surface area contributed by atoms with Gasteiger partial charge in [-0.2, -0.15) is 5.10 Å². The number of para-hydroxylation sites is 1. The van der Waals surface area contributed by atoms with E-state index < -0.39 is 0 Å². The number of aliphatic imine (C=N–C) groups is 1. The van der Waals surface area contributed by atoms with Crippen LogP contribution >= 0.6 is 0 Å². The average Bonchev–Trinajstić information content (AvgIpc) is 3.11. The Kier molecular flexibility index (Phi) is 6.60. The van der Waals surface area contributed by atoms with Gasteiger partial charge < -0.3 is 15.5 Å². The number of aryl methyl sites for hydroxylation is 1. The Balaban J connectivity index is 1.73. The first-order chi connectivity index (χ1) is 13.6. The molecule has 0 bridgehead atoms. The van der Waals surface area contributed by atoms with E-state index in [4.69, 9.17) is 4.99 Å². The van der Waals surface area contributed by atoms with Crippen molar-refractivity contribution in [2.45, 2.75) is 19.5 Å². The van der Waals surface area contributed by atoms with Crippen LogP contribution in [0.2, 0.25) is 0 Å². The van der Waals surface area contributed by atoms with Crippen LogP contribution in [0.1, 0.15) is 24.1 Å². The third-order valence-corrected chi connectivity index (χ3v) is 4.69. The topological polar surface area (TPSA) is 70.4 Å². The molecular weight excluding hydrogens is 350 g/mol. The number of guanidine groups is 1. The zero-order valence-electron chi connectivity index (χ0n) is 17.1. The minimum atomic E-state index is 0.208. The molecule has 7 heteroatoms. The summed E-state index contributed by atoms with van der Waals surface area (Å²) in [7, 11) is 6.09. The van der Waals surface area contributed by atoms with E-state index in [2.05, 4.69) is 58.9 Å². The second-order valence-electron chi connectivity index (χ2n) is 6.99. The number of rotatable bonds is 7. The second kappa shape index (κ2) is 9.32. The van der Waals surface area contributed by atoms with E-state index in [1.54, 1.807) is 0 Å². The maximum Gasteiger partial charge on any atom is 0.191 e. The summed E-state index contributed by atoms with van der Waals surface area (Å²) in [5.41, 5.74) is 3.34. The van der Waals surface area contributed by atoms with Crippen LogP contribution in [0.3, 0.4) is 0 Å². The minimum Gasteiger partial charge on any atom is -0.357 e. The summed E-state index contributed by atoms with van der Waals surface area (Å²) >= 11 is 0. The molecule has 28 heavy (non-hydrogen) atoms. The first-order valence-electron chi connectivity index (χ1n) is 9.58. The Hall–Kier alpha value is -2.93. The predicted octanol–water partition coefficient (Wildman–Crippen LogP) is 2.33. The Bertz CT molecular complexity index is 924. The molecule has 0 radical (unpaired) electrons. The summed E-state index contributed by atoms with van der Waals surface area (Å²) in [6.07, 6.45) is 5.82. The first kappa shape index (κ1) is 19.8. The maximum atomic E-state index is 4.79. The number of nitrogens with zero attached hydrogens (tertiary/aromatic N) is 5. The summed E-state index contributed by atoms with van der Waals surface area (Å²) < 4.78 is 1.83. The van der Waals surface area contributed by atoms with Gasteiger partial charge >= 0.3 is 0 Å². The monoisotopic (exact) mass is 379 g/mol. The van der Waals surface area contributed by atoms with Crippen LogP contribution in [-0.2, 0) is 13.6 Å². The van der Waals surface area contributed by atoms with Crippen LogP contribution in [0.4, 0.5) is 0 Å². The SMILES string of the molecule is CCNC(=NCc1ccnc2ccccc12)NCC(c1cnn(C)c1)N(C)C. The van der Waals surface area contributed by atoms with Gasteiger partial charge in [0.25, 0.3) is 0 Å². The molecule has 0 aliphatic rings. The van der Waals surface area contributed by atoms with Crippen LogP contribution in [0.15, 0.2) is 53.9 Å². The fourth-order valence-corrected chi connectivity index (χ4v) is 3.20. The Morgan fingerprint density at radius 3 is 2.75 bits per heavy atom. The van der Waals surface area contributed by atoms with Crippen molar-refractivity contribution >= 4 is 16.9 Å². The number of hydrogen-bond acceptors (Lipinski definition) is 4. The van der Waals surface area contributed by atoms with Crippen LogP contribution in [0, 0.1) is 0 Å². The molecule has 148 valence electrons. The van der Waals surface area contributed by atoms with Crippen molar-refractivity contribution in [3.05, 3.63) is 60.0 Å². The maximum absolute atomic E-state index is 4.79. The molecule has 3 aromatic rings. The molecule has 0 spiro atoms. The lowest BCUT2D eigenvalue weighted by atomic mass is 10.1. The van der Waals surface area contributed by atoms with Gasteiger partial charge in [0.2, 0.25) is 0 Å². The predicted molar refractivity (Wildman–Crippen MR) is 114 cm³/mol. The fraction of sp³-hybridized carbons (Fsp3) is 0.381. The average molecular weight is 380 g/mol. The number of nitrogens with one attached hydrogen (secondary N) is 2. The van der Waals surface area contributed by atoms with E-state index in [9.17, 15) is 0 Å². The van der Waals surface area contributed by atoms with Gasteiger partial charge in [0.15, 0.2) is 5.96 Å². The van der Waals surface area contributed by atoms with E-state index in [1.165, 1.54) is 11.1 Å². The number of benzene rings is 1. The van der Waals surface area contributed by atoms with Gasteiger partial charge in [-0.05, 0) is 38.7 Å². The van der Waals surface area contributed by atoms with Gasteiger partial charge in [-0.25, -0.2) is 4.99 Å². The number of hydrogen-bond donors (Lipinski definition) is 2. The van der Waals surface area contributed by atoms with Gasteiger partial charge in [0, 0.05) is 43.5 Å². The molecule has 3 rings (SSSR count). The first-order valence-corrected chi connectivity index (χ1v) is 9.58. The van der Waals surface area contributed by atoms with E-state index in [1.807, 2.05) is 48.4 Å². The molecule has 0 fully saturated rings. The molecule has 2 N–H and O–H groups in total. The summed E-state index contributed by atoms with van der Waals surface area (Å²) in [5, 5.41) is 12.3. The van der Waals surface area contributed by atoms with Crippen LogP contribution in [-0.4, -0.2) is 52.8 Å². The highest BCUT2D eigenvalue weighted by molar-refractivity contribution is 5.83. The standard InChI is InChI=1S/C21H29N7/c1-5-22-21(25-14-20(27(2)3)17-13-26-28(4)15-17)24-12-16-10-11-23-19-9-7-6-8-18(16)19/h6-11,13,15,20H,5,12,14H2,1-4H3,(H2,22,24,25). The molecule has 1 unspecified atom stereocenters. The molecule has 0 aliphatic heterocycles. The number of fused-ring (bicyclic) bond motifs is 1. The molecule has 7 nitrogen and oxygen atoms in total. The van der Waals surface area contributed by atoms with Gasteiger partial charge in [-0.15, -0.1) is 0 Å². The van der Waals surface area contributed by atoms with E-state index in [0.29, 0.717) is 6.54 Å². The van der Waals surface area contributed by atoms with Gasteiger partial charge in [-0.3, -0.25) is 9.67 Å². The lowest BCUT2D eigenvalue weighted by Crippen LogP contribution is -2.41. The highest BCUT2D eigenvalue weighted by Gasteiger charge is 2.16. The lowest BCUT2D eigenvalue weighted by molar-refractivity contribution is 0.298. The van der Waals surface area contributed by atoms with Crippen molar-refractivity contribution in [2.24, 2.45) is 12.0 Å². The van der Waals surface area contributed by atoms with Gasteiger partial charge in [0.05, 0.1) is 24.3 Å². The van der Waals surface area contributed by atoms with Crippen LogP contribution < -0.4 is 10.6 Å². The number of aromatic nitrogens is 3.